The van der Waals surface area contributed by atoms with Crippen LogP contribution in [0, 0.1) is 11.3 Å². The summed E-state index contributed by atoms with van der Waals surface area (Å²) in [6.07, 6.45) is -1.19. The number of aliphatic hydroxyl groups is 1. The molecule has 0 aliphatic rings. The molecule has 0 heterocycles. The second-order valence-corrected chi connectivity index (χ2v) is 2.65. The van der Waals surface area contributed by atoms with Gasteiger partial charge in [-0.1, -0.05) is 17.7 Å². The van der Waals surface area contributed by atoms with E-state index < -0.39 is 6.10 Å². The maximum absolute atomic E-state index is 9.04. The molecule has 0 fully saturated rings. The van der Waals surface area contributed by atoms with Gasteiger partial charge in [-0.2, -0.15) is 5.26 Å². The number of phenols is 1. The van der Waals surface area contributed by atoms with Crippen molar-refractivity contribution in [3.63, 3.8) is 0 Å². The molecule has 1 aromatic rings. The molecule has 0 radical (unpaired) electrons. The highest BCUT2D eigenvalue weighted by Crippen LogP contribution is 2.26. The van der Waals surface area contributed by atoms with Crippen molar-refractivity contribution < 1.29 is 10.2 Å². The van der Waals surface area contributed by atoms with Crippen molar-refractivity contribution in [3.8, 4) is 11.8 Å². The van der Waals surface area contributed by atoms with E-state index in [1.54, 1.807) is 6.07 Å². The van der Waals surface area contributed by atoms with E-state index in [4.69, 9.17) is 27.1 Å². The molecular formula is C8H6ClNO2. The van der Waals surface area contributed by atoms with Crippen LogP contribution in [0.1, 0.15) is 11.7 Å². The maximum atomic E-state index is 9.04. The molecular weight excluding hydrogens is 178 g/mol. The molecule has 1 aromatic carbocycles. The Balaban J connectivity index is 3.06. The molecule has 0 aromatic heterocycles. The SMILES string of the molecule is N#CC(O)c1ccc(O)c(Cl)c1. The average Bonchev–Trinajstić information content (AvgIpc) is 2.08. The molecule has 3 nitrogen and oxygen atoms in total. The highest BCUT2D eigenvalue weighted by molar-refractivity contribution is 6.32. The Morgan fingerprint density at radius 2 is 2.17 bits per heavy atom. The summed E-state index contributed by atoms with van der Waals surface area (Å²) in [5, 5.41) is 26.5. The lowest BCUT2D eigenvalue weighted by Gasteiger charge is -2.02. The molecule has 62 valence electrons. The van der Waals surface area contributed by atoms with E-state index in [2.05, 4.69) is 0 Å². The standard InChI is InChI=1S/C8H6ClNO2/c9-6-3-5(8(12)4-10)1-2-7(6)11/h1-3,8,11-12H. The van der Waals surface area contributed by atoms with Crippen molar-refractivity contribution in [1.82, 2.24) is 0 Å². The monoisotopic (exact) mass is 183 g/mol. The number of aliphatic hydroxyl groups excluding tert-OH is 1. The number of phenolic OH excluding ortho intramolecular Hbond substituents is 1. The number of nitrogens with zero attached hydrogens (tertiary/aromatic N) is 1. The van der Waals surface area contributed by atoms with Crippen LogP contribution in [-0.2, 0) is 0 Å². The predicted molar refractivity (Wildman–Crippen MR) is 43.7 cm³/mol. The summed E-state index contributed by atoms with van der Waals surface area (Å²) in [5.74, 6) is -0.0643. The molecule has 0 bridgehead atoms. The smallest absolute Gasteiger partial charge is 0.165 e. The van der Waals surface area contributed by atoms with E-state index in [0.717, 1.165) is 0 Å². The third kappa shape index (κ3) is 1.67. The Hall–Kier alpha value is -1.24. The average molecular weight is 184 g/mol. The van der Waals surface area contributed by atoms with Gasteiger partial charge in [-0.05, 0) is 17.7 Å². The van der Waals surface area contributed by atoms with Crippen LogP contribution in [0.2, 0.25) is 5.02 Å². The van der Waals surface area contributed by atoms with E-state index in [1.807, 2.05) is 0 Å². The molecule has 0 amide bonds. The zero-order valence-corrected chi connectivity index (χ0v) is 6.78. The molecule has 1 atom stereocenters. The van der Waals surface area contributed by atoms with Gasteiger partial charge in [-0.25, -0.2) is 0 Å². The number of halogens is 1. The molecule has 2 N–H and O–H groups in total. The van der Waals surface area contributed by atoms with Gasteiger partial charge >= 0.3 is 0 Å². The highest BCUT2D eigenvalue weighted by Gasteiger charge is 2.07. The predicted octanol–water partition coefficient (Wildman–Crippen LogP) is 1.60. The molecule has 12 heavy (non-hydrogen) atoms. The lowest BCUT2D eigenvalue weighted by atomic mass is 10.1. The van der Waals surface area contributed by atoms with Gasteiger partial charge in [0.05, 0.1) is 11.1 Å². The van der Waals surface area contributed by atoms with E-state index in [-0.39, 0.29) is 10.8 Å². The first kappa shape index (κ1) is 8.85. The molecule has 0 saturated heterocycles. The number of hydrogen-bond acceptors (Lipinski definition) is 3. The largest absolute Gasteiger partial charge is 0.506 e. The number of rotatable bonds is 1. The minimum Gasteiger partial charge on any atom is -0.506 e. The fourth-order valence-corrected chi connectivity index (χ4v) is 0.957. The molecule has 0 aliphatic heterocycles. The van der Waals surface area contributed by atoms with E-state index >= 15 is 0 Å². The van der Waals surface area contributed by atoms with Crippen LogP contribution in [0.25, 0.3) is 0 Å². The van der Waals surface area contributed by atoms with Crippen molar-refractivity contribution in [2.24, 2.45) is 0 Å². The van der Waals surface area contributed by atoms with Gasteiger partial charge in [-0.15, -0.1) is 0 Å². The topological polar surface area (TPSA) is 64.2 Å². The Kier molecular flexibility index (Phi) is 2.54. The summed E-state index contributed by atoms with van der Waals surface area (Å²) >= 11 is 5.54. The van der Waals surface area contributed by atoms with Crippen LogP contribution in [-0.4, -0.2) is 10.2 Å². The summed E-state index contributed by atoms with van der Waals surface area (Å²) in [7, 11) is 0. The number of benzene rings is 1. The zero-order chi connectivity index (χ0) is 9.14. The Morgan fingerprint density at radius 1 is 1.50 bits per heavy atom. The van der Waals surface area contributed by atoms with Crippen LogP contribution in [0.3, 0.4) is 0 Å². The van der Waals surface area contributed by atoms with Crippen molar-refractivity contribution >= 4 is 11.6 Å². The van der Waals surface area contributed by atoms with Crippen molar-refractivity contribution in [3.05, 3.63) is 28.8 Å². The summed E-state index contributed by atoms with van der Waals surface area (Å²) in [4.78, 5) is 0. The van der Waals surface area contributed by atoms with Crippen LogP contribution in [0.15, 0.2) is 18.2 Å². The van der Waals surface area contributed by atoms with Gasteiger partial charge in [0.15, 0.2) is 6.10 Å². The van der Waals surface area contributed by atoms with Gasteiger partial charge in [0, 0.05) is 0 Å². The summed E-state index contributed by atoms with van der Waals surface area (Å²) < 4.78 is 0. The van der Waals surface area contributed by atoms with Crippen LogP contribution < -0.4 is 0 Å². The third-order valence-electron chi connectivity index (χ3n) is 1.41. The van der Waals surface area contributed by atoms with Gasteiger partial charge < -0.3 is 10.2 Å². The summed E-state index contributed by atoms with van der Waals surface area (Å²) in [5.41, 5.74) is 0.375. The quantitative estimate of drug-likeness (QED) is 0.650. The van der Waals surface area contributed by atoms with E-state index in [9.17, 15) is 0 Å². The van der Waals surface area contributed by atoms with Gasteiger partial charge in [0.1, 0.15) is 5.75 Å². The molecule has 4 heteroatoms. The second-order valence-electron chi connectivity index (χ2n) is 2.24. The van der Waals surface area contributed by atoms with Crippen molar-refractivity contribution in [2.75, 3.05) is 0 Å². The zero-order valence-electron chi connectivity index (χ0n) is 6.03. The van der Waals surface area contributed by atoms with Gasteiger partial charge in [-0.3, -0.25) is 0 Å². The summed E-state index contributed by atoms with van der Waals surface area (Å²) in [6, 6.07) is 5.77. The Bertz CT molecular complexity index is 332. The normalized spacial score (nSPS) is 12.1. The van der Waals surface area contributed by atoms with E-state index in [0.29, 0.717) is 5.56 Å². The third-order valence-corrected chi connectivity index (χ3v) is 1.71. The van der Waals surface area contributed by atoms with Crippen LogP contribution >= 0.6 is 11.6 Å². The van der Waals surface area contributed by atoms with Gasteiger partial charge in [0.25, 0.3) is 0 Å². The Labute approximate surface area is 74.4 Å². The lowest BCUT2D eigenvalue weighted by Crippen LogP contribution is -1.92. The lowest BCUT2D eigenvalue weighted by molar-refractivity contribution is 0.236. The first-order valence-electron chi connectivity index (χ1n) is 3.21. The van der Waals surface area contributed by atoms with Crippen molar-refractivity contribution in [1.29, 1.82) is 5.26 Å². The van der Waals surface area contributed by atoms with Crippen LogP contribution in [0.5, 0.6) is 5.75 Å². The van der Waals surface area contributed by atoms with Crippen molar-refractivity contribution in [2.45, 2.75) is 6.10 Å². The molecule has 0 saturated carbocycles. The van der Waals surface area contributed by atoms with E-state index in [1.165, 1.54) is 18.2 Å². The molecule has 1 unspecified atom stereocenters. The summed E-state index contributed by atoms with van der Waals surface area (Å²) in [6.45, 7) is 0. The van der Waals surface area contributed by atoms with Crippen LogP contribution in [0.4, 0.5) is 0 Å². The highest BCUT2D eigenvalue weighted by atomic mass is 35.5. The first-order chi connectivity index (χ1) is 5.65. The fourth-order valence-electron chi connectivity index (χ4n) is 0.768. The second kappa shape index (κ2) is 3.44. The molecule has 0 aliphatic carbocycles. The fraction of sp³-hybridized carbons (Fsp3) is 0.125. The molecule has 0 spiro atoms. The minimum atomic E-state index is -1.19. The first-order valence-corrected chi connectivity index (χ1v) is 3.59. The number of nitriles is 1. The Morgan fingerprint density at radius 3 is 2.67 bits per heavy atom. The number of hydrogen-bond donors (Lipinski definition) is 2. The number of aromatic hydroxyl groups is 1. The molecule has 1 rings (SSSR count). The maximum Gasteiger partial charge on any atom is 0.165 e. The van der Waals surface area contributed by atoms with Gasteiger partial charge in [0.2, 0.25) is 0 Å². The minimum absolute atomic E-state index is 0.0643.